The maximum absolute atomic E-state index is 12.1. The highest BCUT2D eigenvalue weighted by molar-refractivity contribution is 5.82. The number of carboxylic acids is 1. The summed E-state index contributed by atoms with van der Waals surface area (Å²) in [7, 11) is 0. The van der Waals surface area contributed by atoms with Crippen LogP contribution >= 0.6 is 0 Å². The van der Waals surface area contributed by atoms with Gasteiger partial charge in [-0.25, -0.2) is 9.59 Å². The fourth-order valence-corrected chi connectivity index (χ4v) is 2.66. The molecule has 0 aliphatic carbocycles. The van der Waals surface area contributed by atoms with Crippen LogP contribution in [0.25, 0.3) is 0 Å². The van der Waals surface area contributed by atoms with Crippen molar-refractivity contribution in [1.29, 1.82) is 0 Å². The van der Waals surface area contributed by atoms with E-state index in [0.717, 1.165) is 12.8 Å². The van der Waals surface area contributed by atoms with Gasteiger partial charge in [0.05, 0.1) is 0 Å². The molecule has 0 spiro atoms. The third-order valence-corrected chi connectivity index (χ3v) is 3.36. The highest BCUT2D eigenvalue weighted by Gasteiger charge is 2.49. The maximum atomic E-state index is 12.1. The summed E-state index contributed by atoms with van der Waals surface area (Å²) in [5.41, 5.74) is -0.607. The first-order valence-corrected chi connectivity index (χ1v) is 6.27. The standard InChI is InChI=1S/C12H20N2O4/c1-12(2,3)18-11(17)14-7-4-5-8(13-6-7)9(14)10(15)16/h7-9,13H,4-6H2,1-3H3,(H,15,16). The fourth-order valence-electron chi connectivity index (χ4n) is 2.66. The van der Waals surface area contributed by atoms with Crippen molar-refractivity contribution in [3.8, 4) is 0 Å². The van der Waals surface area contributed by atoms with Gasteiger partial charge in [0.25, 0.3) is 0 Å². The lowest BCUT2D eigenvalue weighted by atomic mass is 9.87. The first-order chi connectivity index (χ1) is 8.29. The molecule has 0 aromatic heterocycles. The second-order valence-electron chi connectivity index (χ2n) is 5.92. The summed E-state index contributed by atoms with van der Waals surface area (Å²) < 4.78 is 5.31. The number of aliphatic carboxylic acids is 1. The monoisotopic (exact) mass is 256 g/mol. The van der Waals surface area contributed by atoms with Crippen molar-refractivity contribution in [1.82, 2.24) is 10.2 Å². The van der Waals surface area contributed by atoms with E-state index in [1.165, 1.54) is 4.90 Å². The molecule has 3 aliphatic rings. The summed E-state index contributed by atoms with van der Waals surface area (Å²) in [6.07, 6.45) is 1.10. The Balaban J connectivity index is 2.18. The SMILES string of the molecule is CC(C)(C)OC(=O)N1C2CCC(NC2)C1C(=O)O. The van der Waals surface area contributed by atoms with Crippen LogP contribution < -0.4 is 5.32 Å². The van der Waals surface area contributed by atoms with Crippen molar-refractivity contribution in [3.05, 3.63) is 0 Å². The molecule has 1 amide bonds. The van der Waals surface area contributed by atoms with Gasteiger partial charge in [0.15, 0.2) is 0 Å². The number of hydrogen-bond donors (Lipinski definition) is 2. The van der Waals surface area contributed by atoms with Crippen LogP contribution in [0.1, 0.15) is 33.6 Å². The van der Waals surface area contributed by atoms with Crippen LogP contribution in [0.5, 0.6) is 0 Å². The Labute approximate surface area is 106 Å². The largest absolute Gasteiger partial charge is 0.480 e. The zero-order valence-corrected chi connectivity index (χ0v) is 11.0. The van der Waals surface area contributed by atoms with Crippen LogP contribution in [0.15, 0.2) is 0 Å². The van der Waals surface area contributed by atoms with Gasteiger partial charge in [0.1, 0.15) is 11.6 Å². The lowest BCUT2D eigenvalue weighted by Crippen LogP contribution is -2.70. The predicted octanol–water partition coefficient (Wildman–Crippen LogP) is 0.811. The van der Waals surface area contributed by atoms with E-state index in [4.69, 9.17) is 4.74 Å². The molecule has 2 N–H and O–H groups in total. The number of piperazine rings is 1. The molecule has 6 nitrogen and oxygen atoms in total. The van der Waals surface area contributed by atoms with Crippen LogP contribution in [-0.2, 0) is 9.53 Å². The van der Waals surface area contributed by atoms with E-state index in [1.807, 2.05) is 0 Å². The van der Waals surface area contributed by atoms with E-state index >= 15 is 0 Å². The van der Waals surface area contributed by atoms with Crippen LogP contribution in [0.3, 0.4) is 0 Å². The predicted molar refractivity (Wildman–Crippen MR) is 64.3 cm³/mol. The van der Waals surface area contributed by atoms with E-state index in [-0.39, 0.29) is 12.1 Å². The Bertz CT molecular complexity index is 356. The molecule has 18 heavy (non-hydrogen) atoms. The van der Waals surface area contributed by atoms with Crippen LogP contribution in [-0.4, -0.2) is 52.3 Å². The minimum atomic E-state index is -0.970. The third kappa shape index (κ3) is 2.43. The smallest absolute Gasteiger partial charge is 0.411 e. The number of hydrogen-bond acceptors (Lipinski definition) is 4. The molecule has 3 unspecified atom stereocenters. The number of piperidine rings is 2. The van der Waals surface area contributed by atoms with Crippen molar-refractivity contribution in [2.24, 2.45) is 0 Å². The summed E-state index contributed by atoms with van der Waals surface area (Å²) in [6.45, 7) is 5.98. The van der Waals surface area contributed by atoms with Gasteiger partial charge in [-0.1, -0.05) is 0 Å². The number of nitrogens with one attached hydrogen (secondary N) is 1. The van der Waals surface area contributed by atoms with Gasteiger partial charge in [-0.2, -0.15) is 0 Å². The van der Waals surface area contributed by atoms with E-state index in [9.17, 15) is 14.7 Å². The van der Waals surface area contributed by atoms with Crippen molar-refractivity contribution in [2.75, 3.05) is 6.54 Å². The molecule has 3 saturated heterocycles. The minimum Gasteiger partial charge on any atom is -0.480 e. The number of fused-ring (bicyclic) bond motifs is 3. The fraction of sp³-hybridized carbons (Fsp3) is 0.833. The third-order valence-electron chi connectivity index (χ3n) is 3.36. The average molecular weight is 256 g/mol. The van der Waals surface area contributed by atoms with E-state index in [1.54, 1.807) is 20.8 Å². The molecule has 102 valence electrons. The van der Waals surface area contributed by atoms with Crippen molar-refractivity contribution in [2.45, 2.75) is 57.3 Å². The number of ether oxygens (including phenoxy) is 1. The second-order valence-corrected chi connectivity index (χ2v) is 5.92. The van der Waals surface area contributed by atoms with Gasteiger partial charge in [-0.15, -0.1) is 0 Å². The molecule has 0 saturated carbocycles. The zero-order chi connectivity index (χ0) is 13.5. The maximum Gasteiger partial charge on any atom is 0.411 e. The molecule has 6 heteroatoms. The Morgan fingerprint density at radius 2 is 2.00 bits per heavy atom. The molecule has 3 rings (SSSR count). The number of carboxylic acid groups (broad SMARTS) is 1. The molecule has 3 heterocycles. The number of nitrogens with zero attached hydrogens (tertiary/aromatic N) is 1. The quantitative estimate of drug-likeness (QED) is 0.726. The summed E-state index contributed by atoms with van der Waals surface area (Å²) >= 11 is 0. The molecule has 3 aliphatic heterocycles. The molecule has 0 aromatic carbocycles. The van der Waals surface area contributed by atoms with Crippen molar-refractivity contribution in [3.63, 3.8) is 0 Å². The number of carbonyl (C=O) groups is 2. The van der Waals surface area contributed by atoms with Crippen molar-refractivity contribution >= 4 is 12.1 Å². The first-order valence-electron chi connectivity index (χ1n) is 6.27. The van der Waals surface area contributed by atoms with Gasteiger partial charge in [0, 0.05) is 18.6 Å². The highest BCUT2D eigenvalue weighted by atomic mass is 16.6. The number of rotatable bonds is 1. The lowest BCUT2D eigenvalue weighted by Gasteiger charge is -2.49. The van der Waals surface area contributed by atoms with Gasteiger partial charge >= 0.3 is 12.1 Å². The summed E-state index contributed by atoms with van der Waals surface area (Å²) in [5, 5.41) is 12.5. The van der Waals surface area contributed by atoms with Crippen LogP contribution in [0, 0.1) is 0 Å². The van der Waals surface area contributed by atoms with E-state index in [2.05, 4.69) is 5.32 Å². The summed E-state index contributed by atoms with van der Waals surface area (Å²) in [6, 6.07) is -1.06. The van der Waals surface area contributed by atoms with E-state index < -0.39 is 23.7 Å². The normalized spacial score (nSPS) is 31.3. The second kappa shape index (κ2) is 4.42. The lowest BCUT2D eigenvalue weighted by molar-refractivity contribution is -0.149. The highest BCUT2D eigenvalue weighted by Crippen LogP contribution is 2.29. The number of amides is 1. The Morgan fingerprint density at radius 1 is 1.33 bits per heavy atom. The Hall–Kier alpha value is -1.30. The molecular weight excluding hydrogens is 236 g/mol. The molecule has 0 radical (unpaired) electrons. The molecule has 2 bridgehead atoms. The molecular formula is C12H20N2O4. The molecule has 3 atom stereocenters. The first kappa shape index (κ1) is 13.1. The van der Waals surface area contributed by atoms with Crippen LogP contribution in [0.4, 0.5) is 4.79 Å². The average Bonchev–Trinajstić information content (AvgIpc) is 2.26. The van der Waals surface area contributed by atoms with Crippen molar-refractivity contribution < 1.29 is 19.4 Å². The summed E-state index contributed by atoms with van der Waals surface area (Å²) in [5.74, 6) is -0.970. The van der Waals surface area contributed by atoms with Gasteiger partial charge in [-0.05, 0) is 33.6 Å². The van der Waals surface area contributed by atoms with Crippen LogP contribution in [0.2, 0.25) is 0 Å². The van der Waals surface area contributed by atoms with Gasteiger partial charge < -0.3 is 15.2 Å². The number of carbonyl (C=O) groups excluding carboxylic acids is 1. The Morgan fingerprint density at radius 3 is 2.44 bits per heavy atom. The minimum absolute atomic E-state index is 0.0778. The van der Waals surface area contributed by atoms with Gasteiger partial charge in [0.2, 0.25) is 0 Å². The van der Waals surface area contributed by atoms with E-state index in [0.29, 0.717) is 6.54 Å². The zero-order valence-electron chi connectivity index (χ0n) is 11.0. The molecule has 3 fully saturated rings. The summed E-state index contributed by atoms with van der Waals surface area (Å²) in [4.78, 5) is 24.9. The topological polar surface area (TPSA) is 78.9 Å². The molecule has 0 aromatic rings. The van der Waals surface area contributed by atoms with Gasteiger partial charge in [-0.3, -0.25) is 4.90 Å². The Kier molecular flexibility index (Phi) is 3.23.